The number of thiophene rings is 1. The van der Waals surface area contributed by atoms with Crippen molar-refractivity contribution < 1.29 is 18.8 Å². The minimum atomic E-state index is -0.535. The number of ether oxygens (including phenoxy) is 1. The van der Waals surface area contributed by atoms with E-state index in [2.05, 4.69) is 10.1 Å². The molecule has 2 heterocycles. The van der Waals surface area contributed by atoms with E-state index < -0.39 is 5.97 Å². The summed E-state index contributed by atoms with van der Waals surface area (Å²) in [6.45, 7) is 3.37. The molecule has 0 N–H and O–H groups in total. The molecular formula is C22H18N2O4S2. The maximum absolute atomic E-state index is 12.7. The Bertz CT molecular complexity index is 1230. The van der Waals surface area contributed by atoms with Crippen molar-refractivity contribution in [2.45, 2.75) is 24.5 Å². The molecule has 2 aromatic heterocycles. The fraction of sp³-hybridized carbons (Fsp3) is 0.182. The first-order valence-corrected chi connectivity index (χ1v) is 11.0. The van der Waals surface area contributed by atoms with E-state index in [-0.39, 0.29) is 12.4 Å². The van der Waals surface area contributed by atoms with Crippen LogP contribution in [0.4, 0.5) is 0 Å². The molecule has 0 aliphatic rings. The lowest BCUT2D eigenvalue weighted by molar-refractivity contribution is 0.0472. The molecule has 0 saturated heterocycles. The summed E-state index contributed by atoms with van der Waals surface area (Å²) >= 11 is 2.82. The minimum absolute atomic E-state index is 0.200. The lowest BCUT2D eigenvalue weighted by atomic mass is 10.1. The predicted molar refractivity (Wildman–Crippen MR) is 116 cm³/mol. The molecule has 4 rings (SSSR count). The van der Waals surface area contributed by atoms with Crippen LogP contribution < -0.4 is 0 Å². The zero-order valence-electron chi connectivity index (χ0n) is 16.4. The average Bonchev–Trinajstić information content (AvgIpc) is 3.33. The molecule has 0 radical (unpaired) electrons. The van der Waals surface area contributed by atoms with Crippen LogP contribution in [0.3, 0.4) is 0 Å². The monoisotopic (exact) mass is 438 g/mol. The molecule has 0 saturated carbocycles. The molecule has 8 heteroatoms. The quantitative estimate of drug-likeness (QED) is 0.222. The summed E-state index contributed by atoms with van der Waals surface area (Å²) in [4.78, 5) is 30.8. The molecular weight excluding hydrogens is 420 g/mol. The normalized spacial score (nSPS) is 11.0. The van der Waals surface area contributed by atoms with Gasteiger partial charge in [0.1, 0.15) is 0 Å². The van der Waals surface area contributed by atoms with Gasteiger partial charge in [0.2, 0.25) is 11.7 Å². The van der Waals surface area contributed by atoms with Crippen molar-refractivity contribution in [3.05, 3.63) is 76.3 Å². The molecule has 6 nitrogen and oxygen atoms in total. The summed E-state index contributed by atoms with van der Waals surface area (Å²) in [6, 6.07) is 15.0. The van der Waals surface area contributed by atoms with Gasteiger partial charge < -0.3 is 9.26 Å². The van der Waals surface area contributed by atoms with E-state index in [0.29, 0.717) is 27.9 Å². The van der Waals surface area contributed by atoms with Crippen molar-refractivity contribution in [1.29, 1.82) is 0 Å². The Hall–Kier alpha value is -2.97. The SMILES string of the molecule is Cc1noc(CSc2ccccc2C(=O)OCC(=O)c2sc3ccccc3c2C)n1. The number of carbonyl (C=O) groups excluding carboxylic acids is 2. The Labute approximate surface area is 181 Å². The molecule has 0 spiro atoms. The third kappa shape index (κ3) is 4.29. The third-order valence-corrected chi connectivity index (χ3v) is 6.83. The van der Waals surface area contributed by atoms with E-state index in [1.807, 2.05) is 43.3 Å². The lowest BCUT2D eigenvalue weighted by Gasteiger charge is -2.08. The van der Waals surface area contributed by atoms with Gasteiger partial charge in [-0.05, 0) is 43.0 Å². The fourth-order valence-electron chi connectivity index (χ4n) is 3.01. The van der Waals surface area contributed by atoms with Crippen molar-refractivity contribution in [1.82, 2.24) is 10.1 Å². The molecule has 0 unspecified atom stereocenters. The number of carbonyl (C=O) groups is 2. The van der Waals surface area contributed by atoms with Crippen molar-refractivity contribution in [2.75, 3.05) is 6.61 Å². The summed E-state index contributed by atoms with van der Waals surface area (Å²) < 4.78 is 11.5. The summed E-state index contributed by atoms with van der Waals surface area (Å²) in [7, 11) is 0. The highest BCUT2D eigenvalue weighted by Crippen LogP contribution is 2.31. The minimum Gasteiger partial charge on any atom is -0.454 e. The van der Waals surface area contributed by atoms with Crippen LogP contribution in [-0.4, -0.2) is 28.5 Å². The number of aromatic nitrogens is 2. The molecule has 0 atom stereocenters. The van der Waals surface area contributed by atoms with Gasteiger partial charge in [-0.15, -0.1) is 23.1 Å². The van der Waals surface area contributed by atoms with E-state index in [1.54, 1.807) is 19.1 Å². The standard InChI is InChI=1S/C22H18N2O4S2/c1-13-15-7-3-6-10-19(15)30-21(13)17(25)11-27-22(26)16-8-4-5-9-18(16)29-12-20-23-14(2)24-28-20/h3-10H,11-12H2,1-2H3. The van der Waals surface area contributed by atoms with Gasteiger partial charge in [0.15, 0.2) is 12.4 Å². The van der Waals surface area contributed by atoms with Crippen molar-refractivity contribution >= 4 is 44.9 Å². The van der Waals surface area contributed by atoms with Crippen LogP contribution in [0.2, 0.25) is 0 Å². The number of esters is 1. The van der Waals surface area contributed by atoms with Crippen molar-refractivity contribution in [3.8, 4) is 0 Å². The molecule has 4 aromatic rings. The van der Waals surface area contributed by atoms with E-state index >= 15 is 0 Å². The maximum atomic E-state index is 12.7. The number of hydrogen-bond donors (Lipinski definition) is 0. The second kappa shape index (κ2) is 8.81. The maximum Gasteiger partial charge on any atom is 0.339 e. The third-order valence-electron chi connectivity index (χ3n) is 4.46. The van der Waals surface area contributed by atoms with Gasteiger partial charge >= 0.3 is 5.97 Å². The number of ketones is 1. The van der Waals surface area contributed by atoms with Gasteiger partial charge in [-0.25, -0.2) is 4.79 Å². The average molecular weight is 439 g/mol. The number of thioether (sulfide) groups is 1. The highest BCUT2D eigenvalue weighted by molar-refractivity contribution is 7.98. The van der Waals surface area contributed by atoms with Gasteiger partial charge in [0.25, 0.3) is 0 Å². The van der Waals surface area contributed by atoms with Crippen LogP contribution in [-0.2, 0) is 10.5 Å². The Balaban J connectivity index is 1.43. The summed E-state index contributed by atoms with van der Waals surface area (Å²) in [5.74, 6) is 0.746. The Morgan fingerprint density at radius 1 is 1.10 bits per heavy atom. The van der Waals surface area contributed by atoms with E-state index in [4.69, 9.17) is 9.26 Å². The summed E-state index contributed by atoms with van der Waals surface area (Å²) in [6.07, 6.45) is 0. The van der Waals surface area contributed by atoms with E-state index in [0.717, 1.165) is 20.5 Å². The van der Waals surface area contributed by atoms with Gasteiger partial charge in [-0.3, -0.25) is 4.79 Å². The predicted octanol–water partition coefficient (Wildman–Crippen LogP) is 5.23. The van der Waals surface area contributed by atoms with E-state index in [9.17, 15) is 9.59 Å². The smallest absolute Gasteiger partial charge is 0.339 e. The molecule has 2 aromatic carbocycles. The van der Waals surface area contributed by atoms with Crippen LogP contribution >= 0.6 is 23.1 Å². The van der Waals surface area contributed by atoms with Crippen LogP contribution in [0.5, 0.6) is 0 Å². The zero-order chi connectivity index (χ0) is 21.1. The first kappa shape index (κ1) is 20.3. The lowest BCUT2D eigenvalue weighted by Crippen LogP contribution is -2.14. The molecule has 0 bridgehead atoms. The molecule has 0 amide bonds. The zero-order valence-corrected chi connectivity index (χ0v) is 18.0. The first-order chi connectivity index (χ1) is 14.5. The van der Waals surface area contributed by atoms with Gasteiger partial charge in [-0.1, -0.05) is 35.5 Å². The number of aryl methyl sites for hydroxylation is 2. The fourth-order valence-corrected chi connectivity index (χ4v) is 5.03. The summed E-state index contributed by atoms with van der Waals surface area (Å²) in [5.41, 5.74) is 1.32. The second-order valence-corrected chi connectivity index (χ2v) is 8.64. The number of fused-ring (bicyclic) bond motifs is 1. The molecule has 0 fully saturated rings. The molecule has 30 heavy (non-hydrogen) atoms. The van der Waals surface area contributed by atoms with Crippen molar-refractivity contribution in [2.24, 2.45) is 0 Å². The van der Waals surface area contributed by atoms with Crippen LogP contribution in [0, 0.1) is 13.8 Å². The molecule has 152 valence electrons. The Kier molecular flexibility index (Phi) is 5.96. The Morgan fingerprint density at radius 3 is 2.63 bits per heavy atom. The second-order valence-electron chi connectivity index (χ2n) is 6.57. The number of Topliss-reactive ketones (excluding diaryl/α,β-unsaturated/α-hetero) is 1. The van der Waals surface area contributed by atoms with Crippen molar-refractivity contribution in [3.63, 3.8) is 0 Å². The van der Waals surface area contributed by atoms with Gasteiger partial charge in [0.05, 0.1) is 16.2 Å². The first-order valence-electron chi connectivity index (χ1n) is 9.22. The Morgan fingerprint density at radius 2 is 1.87 bits per heavy atom. The highest BCUT2D eigenvalue weighted by atomic mass is 32.2. The number of rotatable bonds is 7. The molecule has 0 aliphatic heterocycles. The van der Waals surface area contributed by atoms with Gasteiger partial charge in [0, 0.05) is 9.60 Å². The summed E-state index contributed by atoms with van der Waals surface area (Å²) in [5, 5.41) is 4.81. The number of hydrogen-bond acceptors (Lipinski definition) is 8. The van der Waals surface area contributed by atoms with Crippen LogP contribution in [0.15, 0.2) is 57.9 Å². The van der Waals surface area contributed by atoms with Gasteiger partial charge in [-0.2, -0.15) is 4.98 Å². The van der Waals surface area contributed by atoms with Crippen LogP contribution in [0.25, 0.3) is 10.1 Å². The topological polar surface area (TPSA) is 82.3 Å². The van der Waals surface area contributed by atoms with E-state index in [1.165, 1.54) is 23.1 Å². The largest absolute Gasteiger partial charge is 0.454 e. The molecule has 0 aliphatic carbocycles. The highest BCUT2D eigenvalue weighted by Gasteiger charge is 2.19. The number of nitrogens with zero attached hydrogens (tertiary/aromatic N) is 2. The number of benzene rings is 2. The van der Waals surface area contributed by atoms with Crippen LogP contribution in [0.1, 0.15) is 37.3 Å².